The number of hydrogen-bond donors (Lipinski definition) is 0. The van der Waals surface area contributed by atoms with Gasteiger partial charge in [-0.3, -0.25) is 9.59 Å². The Morgan fingerprint density at radius 3 is 2.34 bits per heavy atom. The maximum Gasteiger partial charge on any atom is 0.254 e. The molecule has 0 spiro atoms. The number of carbonyl (C=O) groups excluding carboxylic acids is 2. The van der Waals surface area contributed by atoms with Crippen LogP contribution in [0.3, 0.4) is 0 Å². The van der Waals surface area contributed by atoms with Crippen molar-refractivity contribution in [3.05, 3.63) is 94.4 Å². The quantitative estimate of drug-likeness (QED) is 0.358. The molecule has 3 rings (SSSR count). The van der Waals surface area contributed by atoms with Gasteiger partial charge < -0.3 is 19.0 Å². The van der Waals surface area contributed by atoms with Gasteiger partial charge in [-0.1, -0.05) is 46.3 Å². The predicted octanol–water partition coefficient (Wildman–Crippen LogP) is 4.75. The number of furan rings is 1. The summed E-state index contributed by atoms with van der Waals surface area (Å²) in [6.45, 7) is 1.68. The number of amides is 2. The lowest BCUT2D eigenvalue weighted by molar-refractivity contribution is -0.133. The van der Waals surface area contributed by atoms with Crippen molar-refractivity contribution in [2.75, 3.05) is 26.8 Å². The summed E-state index contributed by atoms with van der Waals surface area (Å²) in [5.74, 6) is 0.368. The van der Waals surface area contributed by atoms with Crippen LogP contribution in [-0.4, -0.2) is 48.4 Å². The van der Waals surface area contributed by atoms with E-state index in [4.69, 9.17) is 9.15 Å². The van der Waals surface area contributed by atoms with Crippen molar-refractivity contribution in [3.8, 4) is 0 Å². The molecule has 32 heavy (non-hydrogen) atoms. The van der Waals surface area contributed by atoms with Gasteiger partial charge in [0, 0.05) is 36.8 Å². The molecule has 1 heterocycles. The van der Waals surface area contributed by atoms with Crippen LogP contribution in [0.4, 0.5) is 0 Å². The smallest absolute Gasteiger partial charge is 0.254 e. The van der Waals surface area contributed by atoms with Gasteiger partial charge in [0.1, 0.15) is 12.3 Å². The molecule has 0 saturated heterocycles. The highest BCUT2D eigenvalue weighted by Gasteiger charge is 2.23. The molecule has 6 nitrogen and oxygen atoms in total. The van der Waals surface area contributed by atoms with E-state index in [2.05, 4.69) is 15.9 Å². The number of methoxy groups -OCH3 is 1. The highest BCUT2D eigenvalue weighted by molar-refractivity contribution is 9.10. The molecular weight excluding hydrogens is 472 g/mol. The van der Waals surface area contributed by atoms with Crippen molar-refractivity contribution >= 4 is 27.7 Å². The van der Waals surface area contributed by atoms with E-state index in [0.29, 0.717) is 44.0 Å². The minimum atomic E-state index is -0.181. The number of carbonyl (C=O) groups is 2. The molecule has 0 saturated carbocycles. The van der Waals surface area contributed by atoms with Crippen molar-refractivity contribution in [3.63, 3.8) is 0 Å². The van der Waals surface area contributed by atoms with Gasteiger partial charge in [-0.05, 0) is 48.4 Å². The van der Waals surface area contributed by atoms with Crippen LogP contribution in [0, 0.1) is 0 Å². The van der Waals surface area contributed by atoms with E-state index < -0.39 is 0 Å². The number of ether oxygens (including phenoxy) is 1. The third kappa shape index (κ3) is 7.07. The van der Waals surface area contributed by atoms with Gasteiger partial charge in [0.2, 0.25) is 5.91 Å². The van der Waals surface area contributed by atoms with E-state index in [0.717, 1.165) is 10.0 Å². The zero-order valence-electron chi connectivity index (χ0n) is 18.1. The Morgan fingerprint density at radius 1 is 0.938 bits per heavy atom. The van der Waals surface area contributed by atoms with Crippen LogP contribution < -0.4 is 0 Å². The van der Waals surface area contributed by atoms with Gasteiger partial charge in [0.25, 0.3) is 5.91 Å². The molecule has 2 amide bonds. The van der Waals surface area contributed by atoms with Crippen LogP contribution in [0.2, 0.25) is 0 Å². The summed E-state index contributed by atoms with van der Waals surface area (Å²) in [6.07, 6.45) is 2.23. The minimum absolute atomic E-state index is 0.0217. The molecule has 0 aliphatic carbocycles. The van der Waals surface area contributed by atoms with Crippen molar-refractivity contribution in [2.24, 2.45) is 0 Å². The molecule has 3 aromatic rings. The van der Waals surface area contributed by atoms with Gasteiger partial charge in [-0.15, -0.1) is 0 Å². The first kappa shape index (κ1) is 23.8. The number of halogens is 1. The number of rotatable bonds is 11. The summed E-state index contributed by atoms with van der Waals surface area (Å²) >= 11 is 3.39. The zero-order chi connectivity index (χ0) is 22.8. The van der Waals surface area contributed by atoms with Gasteiger partial charge in [0.05, 0.1) is 12.8 Å². The van der Waals surface area contributed by atoms with Crippen LogP contribution in [0.5, 0.6) is 0 Å². The lowest BCUT2D eigenvalue weighted by Gasteiger charge is -2.27. The average molecular weight is 499 g/mol. The highest BCUT2D eigenvalue weighted by atomic mass is 79.9. The van der Waals surface area contributed by atoms with Crippen LogP contribution in [0.1, 0.15) is 28.1 Å². The zero-order valence-corrected chi connectivity index (χ0v) is 19.7. The number of benzene rings is 2. The van der Waals surface area contributed by atoms with E-state index in [1.54, 1.807) is 41.4 Å². The predicted molar refractivity (Wildman–Crippen MR) is 126 cm³/mol. The topological polar surface area (TPSA) is 63.0 Å². The molecule has 7 heteroatoms. The Balaban J connectivity index is 1.77. The van der Waals surface area contributed by atoms with Crippen LogP contribution in [0.15, 0.2) is 81.9 Å². The van der Waals surface area contributed by atoms with Crippen molar-refractivity contribution in [1.82, 2.24) is 9.80 Å². The van der Waals surface area contributed by atoms with Crippen molar-refractivity contribution in [2.45, 2.75) is 19.5 Å². The molecule has 2 aromatic carbocycles. The maximum absolute atomic E-state index is 13.4. The summed E-state index contributed by atoms with van der Waals surface area (Å²) in [5, 5.41) is 0. The molecule has 0 aliphatic rings. The first-order chi connectivity index (χ1) is 15.6. The van der Waals surface area contributed by atoms with Crippen molar-refractivity contribution < 1.29 is 18.7 Å². The average Bonchev–Trinajstić information content (AvgIpc) is 3.32. The second-order valence-corrected chi connectivity index (χ2v) is 8.31. The molecule has 0 N–H and O–H groups in total. The fourth-order valence-corrected chi connectivity index (χ4v) is 3.58. The SMILES string of the molecule is COCCCN(CC(=O)N(Cc1ccccc1)Cc1ccco1)C(=O)c1ccc(Br)cc1. The Bertz CT molecular complexity index is 975. The van der Waals surface area contributed by atoms with E-state index in [-0.39, 0.29) is 18.4 Å². The molecule has 0 atom stereocenters. The molecule has 0 radical (unpaired) electrons. The number of nitrogens with zero attached hydrogens (tertiary/aromatic N) is 2. The Kier molecular flexibility index (Phi) is 9.07. The van der Waals surface area contributed by atoms with Crippen LogP contribution in [-0.2, 0) is 22.6 Å². The van der Waals surface area contributed by atoms with Gasteiger partial charge in [0.15, 0.2) is 0 Å². The molecule has 0 bridgehead atoms. The minimum Gasteiger partial charge on any atom is -0.467 e. The summed E-state index contributed by atoms with van der Waals surface area (Å²) in [7, 11) is 1.62. The summed E-state index contributed by atoms with van der Waals surface area (Å²) < 4.78 is 11.5. The Morgan fingerprint density at radius 2 is 1.69 bits per heavy atom. The van der Waals surface area contributed by atoms with Crippen LogP contribution >= 0.6 is 15.9 Å². The number of hydrogen-bond acceptors (Lipinski definition) is 4. The molecule has 0 fully saturated rings. The standard InChI is InChI=1S/C25H27BrN2O4/c1-31-15-6-14-27(25(30)21-10-12-22(26)13-11-21)19-24(29)28(18-23-9-5-16-32-23)17-20-7-3-2-4-8-20/h2-5,7-13,16H,6,14-15,17-19H2,1H3. The summed E-state index contributed by atoms with van der Waals surface area (Å²) in [4.78, 5) is 29.8. The Hall–Kier alpha value is -2.90. The fraction of sp³-hybridized carbons (Fsp3) is 0.280. The highest BCUT2D eigenvalue weighted by Crippen LogP contribution is 2.15. The summed E-state index contributed by atoms with van der Waals surface area (Å²) in [5.41, 5.74) is 1.55. The largest absolute Gasteiger partial charge is 0.467 e. The fourth-order valence-electron chi connectivity index (χ4n) is 3.32. The molecule has 0 unspecified atom stereocenters. The van der Waals surface area contributed by atoms with Gasteiger partial charge in [-0.25, -0.2) is 0 Å². The lowest BCUT2D eigenvalue weighted by atomic mass is 10.2. The van der Waals surface area contributed by atoms with Crippen molar-refractivity contribution in [1.29, 1.82) is 0 Å². The van der Waals surface area contributed by atoms with Gasteiger partial charge in [-0.2, -0.15) is 0 Å². The molecule has 168 valence electrons. The first-order valence-corrected chi connectivity index (χ1v) is 11.2. The molecule has 1 aromatic heterocycles. The summed E-state index contributed by atoms with van der Waals surface area (Å²) in [6, 6.07) is 20.6. The second-order valence-electron chi connectivity index (χ2n) is 7.39. The van der Waals surface area contributed by atoms with E-state index >= 15 is 0 Å². The monoisotopic (exact) mass is 498 g/mol. The van der Waals surface area contributed by atoms with Gasteiger partial charge >= 0.3 is 0 Å². The Labute approximate surface area is 196 Å². The molecule has 0 aliphatic heterocycles. The lowest BCUT2D eigenvalue weighted by Crippen LogP contribution is -2.43. The normalized spacial score (nSPS) is 10.7. The third-order valence-electron chi connectivity index (χ3n) is 4.98. The second kappa shape index (κ2) is 12.2. The first-order valence-electron chi connectivity index (χ1n) is 10.4. The van der Waals surface area contributed by atoms with E-state index in [1.807, 2.05) is 48.5 Å². The third-order valence-corrected chi connectivity index (χ3v) is 5.51. The maximum atomic E-state index is 13.4. The van der Waals surface area contributed by atoms with E-state index in [9.17, 15) is 9.59 Å². The van der Waals surface area contributed by atoms with E-state index in [1.165, 1.54) is 0 Å². The van der Waals surface area contributed by atoms with Crippen LogP contribution in [0.25, 0.3) is 0 Å². The molecular formula is C25H27BrN2O4.